The minimum atomic E-state index is -0.279. The second-order valence-electron chi connectivity index (χ2n) is 5.86. The SMILES string of the molecule is O=C1[C@@H](c2ccccc2)N2CCC[C@@H]2N1c1ccc(F)cc1. The molecule has 2 heterocycles. The molecule has 3 nitrogen and oxygen atoms in total. The predicted octanol–water partition coefficient (Wildman–Crippen LogP) is 3.34. The maximum absolute atomic E-state index is 13.2. The molecule has 2 aliphatic heterocycles. The van der Waals surface area contributed by atoms with Crippen LogP contribution in [0, 0.1) is 5.82 Å². The number of halogens is 1. The van der Waals surface area contributed by atoms with E-state index in [1.807, 2.05) is 35.2 Å². The Morgan fingerprint density at radius 2 is 1.73 bits per heavy atom. The van der Waals surface area contributed by atoms with Gasteiger partial charge in [0, 0.05) is 12.2 Å². The highest BCUT2D eigenvalue weighted by Crippen LogP contribution is 2.41. The Kier molecular flexibility index (Phi) is 3.19. The van der Waals surface area contributed by atoms with Gasteiger partial charge in [-0.15, -0.1) is 0 Å². The van der Waals surface area contributed by atoms with E-state index in [9.17, 15) is 9.18 Å². The standard InChI is InChI=1S/C18H17FN2O/c19-14-8-10-15(11-9-14)21-16-7-4-12-20(16)17(18(21)22)13-5-2-1-3-6-13/h1-3,5-6,8-11,16-17H,4,7,12H2/t16-,17+/m0/s1. The van der Waals surface area contributed by atoms with Gasteiger partial charge in [-0.25, -0.2) is 4.39 Å². The number of benzene rings is 2. The van der Waals surface area contributed by atoms with Crippen LogP contribution in [0.25, 0.3) is 0 Å². The van der Waals surface area contributed by atoms with Crippen molar-refractivity contribution in [1.29, 1.82) is 0 Å². The van der Waals surface area contributed by atoms with Crippen LogP contribution >= 0.6 is 0 Å². The minimum Gasteiger partial charge on any atom is -0.294 e. The molecule has 2 fully saturated rings. The van der Waals surface area contributed by atoms with Crippen LogP contribution < -0.4 is 4.90 Å². The molecule has 0 spiro atoms. The van der Waals surface area contributed by atoms with Gasteiger partial charge in [0.1, 0.15) is 11.9 Å². The van der Waals surface area contributed by atoms with Crippen molar-refractivity contribution >= 4 is 11.6 Å². The Morgan fingerprint density at radius 1 is 1.00 bits per heavy atom. The summed E-state index contributed by atoms with van der Waals surface area (Å²) in [5.41, 5.74) is 1.81. The molecular formula is C18H17FN2O. The summed E-state index contributed by atoms with van der Waals surface area (Å²) in [5.74, 6) is -0.194. The monoisotopic (exact) mass is 296 g/mol. The summed E-state index contributed by atoms with van der Waals surface area (Å²) in [6.45, 7) is 0.924. The molecule has 4 rings (SSSR count). The molecule has 0 bridgehead atoms. The molecule has 0 aliphatic carbocycles. The molecule has 2 saturated heterocycles. The molecule has 2 aromatic carbocycles. The number of fused-ring (bicyclic) bond motifs is 1. The van der Waals surface area contributed by atoms with Gasteiger partial charge in [0.2, 0.25) is 5.91 Å². The van der Waals surface area contributed by atoms with Crippen molar-refractivity contribution in [2.24, 2.45) is 0 Å². The number of amides is 1. The van der Waals surface area contributed by atoms with Crippen molar-refractivity contribution in [1.82, 2.24) is 4.90 Å². The fourth-order valence-corrected chi connectivity index (χ4v) is 3.64. The second kappa shape index (κ2) is 5.21. The Hall–Kier alpha value is -2.20. The Morgan fingerprint density at radius 3 is 2.45 bits per heavy atom. The van der Waals surface area contributed by atoms with Crippen molar-refractivity contribution in [3.63, 3.8) is 0 Å². The summed E-state index contributed by atoms with van der Waals surface area (Å²) in [7, 11) is 0. The van der Waals surface area contributed by atoms with Crippen LogP contribution in [-0.4, -0.2) is 23.5 Å². The number of carbonyl (C=O) groups excluding carboxylic acids is 1. The normalized spacial score (nSPS) is 24.8. The van der Waals surface area contributed by atoms with Crippen molar-refractivity contribution in [3.05, 3.63) is 66.0 Å². The summed E-state index contributed by atoms with van der Waals surface area (Å²) in [5, 5.41) is 0. The van der Waals surface area contributed by atoms with E-state index in [-0.39, 0.29) is 23.9 Å². The van der Waals surface area contributed by atoms with Crippen LogP contribution in [0.4, 0.5) is 10.1 Å². The van der Waals surface area contributed by atoms with E-state index in [2.05, 4.69) is 4.90 Å². The van der Waals surface area contributed by atoms with E-state index in [1.54, 1.807) is 12.1 Å². The van der Waals surface area contributed by atoms with Crippen LogP contribution in [0.1, 0.15) is 24.4 Å². The molecule has 22 heavy (non-hydrogen) atoms. The zero-order chi connectivity index (χ0) is 15.1. The van der Waals surface area contributed by atoms with Crippen LogP contribution in [-0.2, 0) is 4.79 Å². The largest absolute Gasteiger partial charge is 0.294 e. The lowest BCUT2D eigenvalue weighted by Gasteiger charge is -2.24. The Balaban J connectivity index is 1.74. The van der Waals surface area contributed by atoms with E-state index >= 15 is 0 Å². The van der Waals surface area contributed by atoms with Gasteiger partial charge in [-0.3, -0.25) is 14.6 Å². The molecule has 0 unspecified atom stereocenters. The number of hydrogen-bond donors (Lipinski definition) is 0. The van der Waals surface area contributed by atoms with Crippen LogP contribution in [0.3, 0.4) is 0 Å². The van der Waals surface area contributed by atoms with Gasteiger partial charge in [-0.2, -0.15) is 0 Å². The van der Waals surface area contributed by atoms with Gasteiger partial charge in [0.25, 0.3) is 0 Å². The molecule has 0 N–H and O–H groups in total. The van der Waals surface area contributed by atoms with E-state index in [0.717, 1.165) is 30.6 Å². The predicted molar refractivity (Wildman–Crippen MR) is 82.8 cm³/mol. The number of hydrogen-bond acceptors (Lipinski definition) is 2. The Bertz CT molecular complexity index is 686. The first kappa shape index (κ1) is 13.5. The molecule has 2 aromatic rings. The molecule has 4 heteroatoms. The van der Waals surface area contributed by atoms with Gasteiger partial charge in [-0.1, -0.05) is 30.3 Å². The average Bonchev–Trinajstić information content (AvgIpc) is 3.09. The molecular weight excluding hydrogens is 279 g/mol. The first-order chi connectivity index (χ1) is 10.8. The van der Waals surface area contributed by atoms with E-state index in [1.165, 1.54) is 12.1 Å². The van der Waals surface area contributed by atoms with Crippen molar-refractivity contribution in [2.45, 2.75) is 25.0 Å². The van der Waals surface area contributed by atoms with Gasteiger partial charge < -0.3 is 0 Å². The maximum atomic E-state index is 13.2. The molecule has 1 amide bonds. The summed E-state index contributed by atoms with van der Waals surface area (Å²) < 4.78 is 13.2. The van der Waals surface area contributed by atoms with Crippen molar-refractivity contribution < 1.29 is 9.18 Å². The van der Waals surface area contributed by atoms with E-state index in [4.69, 9.17) is 0 Å². The second-order valence-corrected chi connectivity index (χ2v) is 5.86. The number of nitrogens with zero attached hydrogens (tertiary/aromatic N) is 2. The lowest BCUT2D eigenvalue weighted by Crippen LogP contribution is -2.35. The lowest BCUT2D eigenvalue weighted by atomic mass is 10.1. The zero-order valence-corrected chi connectivity index (χ0v) is 12.2. The van der Waals surface area contributed by atoms with Gasteiger partial charge in [-0.05, 0) is 42.7 Å². The van der Waals surface area contributed by atoms with E-state index in [0.29, 0.717) is 0 Å². The quantitative estimate of drug-likeness (QED) is 0.848. The third-order valence-corrected chi connectivity index (χ3v) is 4.58. The first-order valence-corrected chi connectivity index (χ1v) is 7.65. The van der Waals surface area contributed by atoms with Crippen molar-refractivity contribution in [3.8, 4) is 0 Å². The third-order valence-electron chi connectivity index (χ3n) is 4.58. The molecule has 0 radical (unpaired) electrons. The average molecular weight is 296 g/mol. The first-order valence-electron chi connectivity index (χ1n) is 7.65. The number of carbonyl (C=O) groups is 1. The summed E-state index contributed by atoms with van der Waals surface area (Å²) >= 11 is 0. The number of anilines is 1. The summed E-state index contributed by atoms with van der Waals surface area (Å²) in [6.07, 6.45) is 2.13. The van der Waals surface area contributed by atoms with E-state index < -0.39 is 0 Å². The molecule has 2 atom stereocenters. The van der Waals surface area contributed by atoms with Gasteiger partial charge in [0.15, 0.2) is 0 Å². The zero-order valence-electron chi connectivity index (χ0n) is 12.2. The smallest absolute Gasteiger partial charge is 0.250 e. The molecule has 0 aromatic heterocycles. The van der Waals surface area contributed by atoms with Crippen molar-refractivity contribution in [2.75, 3.05) is 11.4 Å². The highest BCUT2D eigenvalue weighted by Gasteiger charge is 2.49. The molecule has 112 valence electrons. The maximum Gasteiger partial charge on any atom is 0.250 e. The minimum absolute atomic E-state index is 0.0857. The number of rotatable bonds is 2. The van der Waals surface area contributed by atoms with Gasteiger partial charge in [0.05, 0.1) is 6.17 Å². The third kappa shape index (κ3) is 2.03. The van der Waals surface area contributed by atoms with Crippen LogP contribution in [0.2, 0.25) is 0 Å². The topological polar surface area (TPSA) is 23.6 Å². The van der Waals surface area contributed by atoms with Gasteiger partial charge >= 0.3 is 0 Å². The molecule has 0 saturated carbocycles. The highest BCUT2D eigenvalue weighted by molar-refractivity contribution is 6.00. The highest BCUT2D eigenvalue weighted by atomic mass is 19.1. The van der Waals surface area contributed by atoms with Crippen LogP contribution in [0.5, 0.6) is 0 Å². The fraction of sp³-hybridized carbons (Fsp3) is 0.278. The fourth-order valence-electron chi connectivity index (χ4n) is 3.64. The Labute approximate surface area is 129 Å². The molecule has 2 aliphatic rings. The lowest BCUT2D eigenvalue weighted by molar-refractivity contribution is -0.119. The summed E-state index contributed by atoms with van der Waals surface area (Å²) in [6, 6.07) is 15.9. The summed E-state index contributed by atoms with van der Waals surface area (Å²) in [4.78, 5) is 17.1. The van der Waals surface area contributed by atoms with Crippen LogP contribution in [0.15, 0.2) is 54.6 Å².